The molecule has 4 rings (SSSR count). The van der Waals surface area contributed by atoms with Gasteiger partial charge < -0.3 is 24.3 Å². The molecule has 1 N–H and O–H groups in total. The average molecular weight is 454 g/mol. The van der Waals surface area contributed by atoms with Gasteiger partial charge in [0.25, 0.3) is 5.91 Å². The number of carbonyl (C=O) groups excluding carboxylic acids is 2. The number of fused-ring (bicyclic) bond motifs is 1. The molecule has 0 spiro atoms. The lowest BCUT2D eigenvalue weighted by atomic mass is 9.99. The minimum atomic E-state index is -0.598. The summed E-state index contributed by atoms with van der Waals surface area (Å²) in [5.74, 6) is 1.25. The van der Waals surface area contributed by atoms with Crippen LogP contribution >= 0.6 is 0 Å². The van der Waals surface area contributed by atoms with Crippen LogP contribution in [0, 0.1) is 5.92 Å². The normalized spacial score (nSPS) is 15.6. The van der Waals surface area contributed by atoms with Crippen molar-refractivity contribution >= 4 is 11.9 Å². The van der Waals surface area contributed by atoms with Gasteiger partial charge in [0, 0.05) is 17.7 Å². The van der Waals surface area contributed by atoms with Crippen LogP contribution in [0.2, 0.25) is 0 Å². The largest absolute Gasteiger partial charge is 0.493 e. The minimum Gasteiger partial charge on any atom is -0.493 e. The Morgan fingerprint density at radius 2 is 1.76 bits per heavy atom. The number of hydrogen-bond donors (Lipinski definition) is 1. The van der Waals surface area contributed by atoms with Crippen LogP contribution in [0.4, 0.5) is 0 Å². The van der Waals surface area contributed by atoms with Crippen molar-refractivity contribution in [3.05, 3.63) is 41.5 Å². The van der Waals surface area contributed by atoms with Gasteiger partial charge >= 0.3 is 5.97 Å². The minimum absolute atomic E-state index is 0.0599. The van der Waals surface area contributed by atoms with E-state index in [1.165, 1.54) is 0 Å². The second kappa shape index (κ2) is 9.33. The summed E-state index contributed by atoms with van der Waals surface area (Å²) in [5, 5.41) is 2.85. The van der Waals surface area contributed by atoms with Crippen LogP contribution in [0.25, 0.3) is 11.1 Å². The van der Waals surface area contributed by atoms with Crippen LogP contribution in [0.3, 0.4) is 0 Å². The molecule has 33 heavy (non-hydrogen) atoms. The van der Waals surface area contributed by atoms with E-state index in [-0.39, 0.29) is 24.4 Å². The van der Waals surface area contributed by atoms with Crippen LogP contribution in [0.1, 0.15) is 55.5 Å². The van der Waals surface area contributed by atoms with E-state index in [1.807, 2.05) is 44.2 Å². The highest BCUT2D eigenvalue weighted by Gasteiger charge is 2.49. The molecule has 0 unspecified atom stereocenters. The van der Waals surface area contributed by atoms with E-state index in [9.17, 15) is 9.59 Å². The summed E-state index contributed by atoms with van der Waals surface area (Å²) in [4.78, 5) is 24.5. The molecule has 0 bridgehead atoms. The summed E-state index contributed by atoms with van der Waals surface area (Å²) in [7, 11) is 3.15. The molecule has 1 heterocycles. The topological polar surface area (TPSA) is 83.1 Å². The third-order valence-corrected chi connectivity index (χ3v) is 6.52. The molecule has 7 nitrogen and oxygen atoms in total. The SMILES string of the molecule is CCC(CC)C(=O)OC1(COc2c(-c3ccc4c(c3)CNC4=O)ccc(OC)c2OC)CC1. The fourth-order valence-corrected chi connectivity index (χ4v) is 4.21. The second-order valence-corrected chi connectivity index (χ2v) is 8.64. The molecule has 0 atom stereocenters. The number of carbonyl (C=O) groups is 2. The fourth-order valence-electron chi connectivity index (χ4n) is 4.21. The van der Waals surface area contributed by atoms with Crippen molar-refractivity contribution in [1.29, 1.82) is 0 Å². The lowest BCUT2D eigenvalue weighted by Gasteiger charge is -2.23. The van der Waals surface area contributed by atoms with Gasteiger partial charge in [-0.1, -0.05) is 19.9 Å². The molecule has 1 aliphatic heterocycles. The highest BCUT2D eigenvalue weighted by atomic mass is 16.6. The maximum absolute atomic E-state index is 12.6. The van der Waals surface area contributed by atoms with Gasteiger partial charge in [-0.2, -0.15) is 0 Å². The third kappa shape index (κ3) is 4.49. The predicted octanol–water partition coefficient (Wildman–Crippen LogP) is 4.51. The summed E-state index contributed by atoms with van der Waals surface area (Å²) >= 11 is 0. The first kappa shape index (κ1) is 23.0. The van der Waals surface area contributed by atoms with Crippen LogP contribution in [-0.2, 0) is 16.1 Å². The number of amides is 1. The first-order valence-corrected chi connectivity index (χ1v) is 11.5. The first-order valence-electron chi connectivity index (χ1n) is 11.5. The van der Waals surface area contributed by atoms with Crippen molar-refractivity contribution in [3.63, 3.8) is 0 Å². The van der Waals surface area contributed by atoms with E-state index < -0.39 is 5.60 Å². The van der Waals surface area contributed by atoms with E-state index in [2.05, 4.69) is 5.32 Å². The van der Waals surface area contributed by atoms with Crippen molar-refractivity contribution in [2.24, 2.45) is 5.92 Å². The van der Waals surface area contributed by atoms with E-state index in [4.69, 9.17) is 18.9 Å². The Bertz CT molecular complexity index is 1050. The van der Waals surface area contributed by atoms with E-state index >= 15 is 0 Å². The number of esters is 1. The summed E-state index contributed by atoms with van der Waals surface area (Å²) in [5.41, 5.74) is 2.75. The first-order chi connectivity index (χ1) is 15.9. The monoisotopic (exact) mass is 453 g/mol. The summed E-state index contributed by atoms with van der Waals surface area (Å²) in [6.07, 6.45) is 3.06. The van der Waals surface area contributed by atoms with Crippen LogP contribution < -0.4 is 19.5 Å². The van der Waals surface area contributed by atoms with Crippen molar-refractivity contribution in [3.8, 4) is 28.4 Å². The second-order valence-electron chi connectivity index (χ2n) is 8.64. The molecule has 0 aromatic heterocycles. The zero-order chi connectivity index (χ0) is 23.6. The molecule has 1 aliphatic carbocycles. The van der Waals surface area contributed by atoms with Gasteiger partial charge in [-0.05, 0) is 61.1 Å². The molecule has 2 aliphatic rings. The highest BCUT2D eigenvalue weighted by molar-refractivity contribution is 5.99. The Balaban J connectivity index is 1.63. The molecule has 2 aromatic rings. The fraction of sp³-hybridized carbons (Fsp3) is 0.462. The number of ether oxygens (including phenoxy) is 4. The number of nitrogens with one attached hydrogen (secondary N) is 1. The third-order valence-electron chi connectivity index (χ3n) is 6.52. The van der Waals surface area contributed by atoms with Gasteiger partial charge in [-0.3, -0.25) is 9.59 Å². The Hall–Kier alpha value is -3.22. The Morgan fingerprint density at radius 3 is 2.39 bits per heavy atom. The van der Waals surface area contributed by atoms with Gasteiger partial charge in [-0.15, -0.1) is 0 Å². The van der Waals surface area contributed by atoms with Crippen LogP contribution in [0.15, 0.2) is 30.3 Å². The molecule has 1 amide bonds. The molecule has 0 saturated heterocycles. The lowest BCUT2D eigenvalue weighted by molar-refractivity contribution is -0.158. The van der Waals surface area contributed by atoms with Gasteiger partial charge in [0.05, 0.1) is 20.1 Å². The highest BCUT2D eigenvalue weighted by Crippen LogP contribution is 2.47. The van der Waals surface area contributed by atoms with Gasteiger partial charge in [-0.25, -0.2) is 0 Å². The number of benzene rings is 2. The Labute approximate surface area is 194 Å². The maximum atomic E-state index is 12.6. The molecular weight excluding hydrogens is 422 g/mol. The smallest absolute Gasteiger partial charge is 0.309 e. The average Bonchev–Trinajstić information content (AvgIpc) is 3.50. The number of methoxy groups -OCH3 is 2. The molecule has 2 aromatic carbocycles. The molecule has 176 valence electrons. The standard InChI is InChI=1S/C26H31NO6/c1-5-16(6-2)25(29)33-26(11-12-26)15-32-22-19(9-10-21(30-3)23(22)31-4)17-7-8-20-18(13-17)14-27-24(20)28/h7-10,13,16H,5-6,11-12,14-15H2,1-4H3,(H,27,28). The summed E-state index contributed by atoms with van der Waals surface area (Å²) < 4.78 is 23.3. The van der Waals surface area contributed by atoms with Crippen molar-refractivity contribution in [2.75, 3.05) is 20.8 Å². The Kier molecular flexibility index (Phi) is 6.49. The maximum Gasteiger partial charge on any atom is 0.309 e. The van der Waals surface area contributed by atoms with E-state index in [0.29, 0.717) is 29.4 Å². The van der Waals surface area contributed by atoms with Crippen LogP contribution in [-0.4, -0.2) is 38.3 Å². The molecule has 0 radical (unpaired) electrons. The van der Waals surface area contributed by atoms with Crippen molar-refractivity contribution in [1.82, 2.24) is 5.32 Å². The number of rotatable bonds is 10. The molecular formula is C26H31NO6. The lowest BCUT2D eigenvalue weighted by Crippen LogP contribution is -2.30. The predicted molar refractivity (Wildman–Crippen MR) is 124 cm³/mol. The zero-order valence-corrected chi connectivity index (χ0v) is 19.7. The summed E-state index contributed by atoms with van der Waals surface area (Å²) in [6, 6.07) is 9.46. The molecule has 1 fully saturated rings. The van der Waals surface area contributed by atoms with Crippen molar-refractivity contribution in [2.45, 2.75) is 51.7 Å². The number of hydrogen-bond acceptors (Lipinski definition) is 6. The zero-order valence-electron chi connectivity index (χ0n) is 19.7. The van der Waals surface area contributed by atoms with Crippen molar-refractivity contribution < 1.29 is 28.5 Å². The van der Waals surface area contributed by atoms with Crippen LogP contribution in [0.5, 0.6) is 17.2 Å². The molecule has 7 heteroatoms. The van der Waals surface area contributed by atoms with E-state index in [1.54, 1.807) is 14.2 Å². The molecule has 1 saturated carbocycles. The Morgan fingerprint density at radius 1 is 1.03 bits per heavy atom. The summed E-state index contributed by atoms with van der Waals surface area (Å²) in [6.45, 7) is 4.73. The quantitative estimate of drug-likeness (QED) is 0.533. The van der Waals surface area contributed by atoms with Gasteiger partial charge in [0.15, 0.2) is 11.5 Å². The van der Waals surface area contributed by atoms with E-state index in [0.717, 1.165) is 42.4 Å². The van der Waals surface area contributed by atoms with Gasteiger partial charge in [0.1, 0.15) is 12.2 Å². The van der Waals surface area contributed by atoms with Gasteiger partial charge in [0.2, 0.25) is 5.75 Å².